The molecule has 0 bridgehead atoms. The summed E-state index contributed by atoms with van der Waals surface area (Å²) in [7, 11) is 0. The highest BCUT2D eigenvalue weighted by Crippen LogP contribution is 2.24. The summed E-state index contributed by atoms with van der Waals surface area (Å²) < 4.78 is 6.62. The zero-order valence-corrected chi connectivity index (χ0v) is 19.3. The van der Waals surface area contributed by atoms with Crippen LogP contribution in [0.1, 0.15) is 29.9 Å². The number of carbonyl (C=O) groups is 1. The number of nitrogens with zero attached hydrogens (tertiary/aromatic N) is 3. The van der Waals surface area contributed by atoms with Crippen molar-refractivity contribution in [3.63, 3.8) is 0 Å². The SMILES string of the molecule is Cc1cccc(-c2noc(CN3CCC(C(=O)Nc4ccc(I)cc4C)CC3)n2)c1. The summed E-state index contributed by atoms with van der Waals surface area (Å²) in [6, 6.07) is 14.1. The van der Waals surface area contributed by atoms with Crippen molar-refractivity contribution in [1.29, 1.82) is 0 Å². The predicted molar refractivity (Wildman–Crippen MR) is 125 cm³/mol. The first-order valence-electron chi connectivity index (χ1n) is 10.2. The van der Waals surface area contributed by atoms with Gasteiger partial charge in [-0.05, 0) is 92.2 Å². The molecule has 4 rings (SSSR count). The molecule has 1 aliphatic rings. The van der Waals surface area contributed by atoms with Crippen LogP contribution >= 0.6 is 22.6 Å². The van der Waals surface area contributed by atoms with Gasteiger partial charge in [0, 0.05) is 20.7 Å². The Morgan fingerprint density at radius 2 is 2.00 bits per heavy atom. The summed E-state index contributed by atoms with van der Waals surface area (Å²) in [6.45, 7) is 6.36. The highest BCUT2D eigenvalue weighted by Gasteiger charge is 2.26. The Labute approximate surface area is 190 Å². The van der Waals surface area contributed by atoms with E-state index in [9.17, 15) is 4.79 Å². The van der Waals surface area contributed by atoms with Crippen molar-refractivity contribution in [3.05, 3.63) is 63.1 Å². The lowest BCUT2D eigenvalue weighted by molar-refractivity contribution is -0.121. The Kier molecular flexibility index (Phi) is 6.48. The van der Waals surface area contributed by atoms with Gasteiger partial charge in [0.25, 0.3) is 0 Å². The molecule has 30 heavy (non-hydrogen) atoms. The quantitative estimate of drug-likeness (QED) is 0.493. The van der Waals surface area contributed by atoms with Gasteiger partial charge in [0.15, 0.2) is 0 Å². The van der Waals surface area contributed by atoms with Crippen LogP contribution in [0.15, 0.2) is 47.0 Å². The van der Waals surface area contributed by atoms with Crippen LogP contribution in [0.2, 0.25) is 0 Å². The number of rotatable bonds is 5. The number of anilines is 1. The molecular weight excluding hydrogens is 491 g/mol. The first-order valence-corrected chi connectivity index (χ1v) is 11.2. The Hall–Kier alpha value is -2.26. The third-order valence-electron chi connectivity index (χ3n) is 5.51. The first-order chi connectivity index (χ1) is 14.5. The summed E-state index contributed by atoms with van der Waals surface area (Å²) in [5, 5.41) is 7.22. The Morgan fingerprint density at radius 3 is 2.73 bits per heavy atom. The van der Waals surface area contributed by atoms with Gasteiger partial charge in [0.05, 0.1) is 6.54 Å². The maximum absolute atomic E-state index is 12.7. The smallest absolute Gasteiger partial charge is 0.241 e. The maximum Gasteiger partial charge on any atom is 0.241 e. The highest BCUT2D eigenvalue weighted by atomic mass is 127. The van der Waals surface area contributed by atoms with Crippen molar-refractivity contribution >= 4 is 34.2 Å². The Balaban J connectivity index is 1.30. The zero-order chi connectivity index (χ0) is 21.1. The number of nitrogens with one attached hydrogen (secondary N) is 1. The number of piperidine rings is 1. The minimum Gasteiger partial charge on any atom is -0.338 e. The molecule has 0 saturated carbocycles. The molecule has 1 amide bonds. The lowest BCUT2D eigenvalue weighted by Gasteiger charge is -2.30. The van der Waals surface area contributed by atoms with Gasteiger partial charge in [-0.3, -0.25) is 9.69 Å². The number of halogens is 1. The molecule has 0 spiro atoms. The lowest BCUT2D eigenvalue weighted by Crippen LogP contribution is -2.37. The third-order valence-corrected chi connectivity index (χ3v) is 6.18. The fourth-order valence-corrected chi connectivity index (χ4v) is 4.41. The Bertz CT molecular complexity index is 1040. The first kappa shape index (κ1) is 21.0. The standard InChI is InChI=1S/C23H25IN4O2/c1-15-4-3-5-18(12-15)22-26-21(30-27-22)14-28-10-8-17(9-11-28)23(29)25-20-7-6-19(24)13-16(20)2/h3-7,12-13,17H,8-11,14H2,1-2H3,(H,25,29). The van der Waals surface area contributed by atoms with E-state index in [0.29, 0.717) is 18.3 Å². The van der Waals surface area contributed by atoms with E-state index in [2.05, 4.69) is 49.0 Å². The van der Waals surface area contributed by atoms with E-state index in [1.54, 1.807) is 0 Å². The summed E-state index contributed by atoms with van der Waals surface area (Å²) >= 11 is 2.28. The number of aryl methyl sites for hydroxylation is 2. The van der Waals surface area contributed by atoms with Crippen LogP contribution < -0.4 is 5.32 Å². The molecule has 1 aliphatic heterocycles. The lowest BCUT2D eigenvalue weighted by atomic mass is 9.95. The van der Waals surface area contributed by atoms with Gasteiger partial charge in [-0.2, -0.15) is 4.98 Å². The third kappa shape index (κ3) is 5.07. The van der Waals surface area contributed by atoms with Crippen molar-refractivity contribution in [2.45, 2.75) is 33.2 Å². The zero-order valence-electron chi connectivity index (χ0n) is 17.2. The van der Waals surface area contributed by atoms with E-state index in [4.69, 9.17) is 4.52 Å². The molecule has 1 aromatic heterocycles. The molecule has 0 unspecified atom stereocenters. The van der Waals surface area contributed by atoms with Gasteiger partial charge in [-0.1, -0.05) is 28.9 Å². The minimum absolute atomic E-state index is 0.0328. The molecule has 1 N–H and O–H groups in total. The van der Waals surface area contributed by atoms with Crippen molar-refractivity contribution in [3.8, 4) is 11.4 Å². The number of likely N-dealkylation sites (tertiary alicyclic amines) is 1. The van der Waals surface area contributed by atoms with Crippen molar-refractivity contribution in [2.75, 3.05) is 18.4 Å². The molecule has 0 radical (unpaired) electrons. The molecule has 0 aliphatic carbocycles. The van der Waals surface area contributed by atoms with Crippen molar-refractivity contribution < 1.29 is 9.32 Å². The van der Waals surface area contributed by atoms with E-state index in [1.165, 1.54) is 9.13 Å². The van der Waals surface area contributed by atoms with E-state index in [-0.39, 0.29) is 11.8 Å². The van der Waals surface area contributed by atoms with Crippen LogP contribution in [0, 0.1) is 23.3 Å². The van der Waals surface area contributed by atoms with E-state index in [1.807, 2.05) is 50.2 Å². The number of benzene rings is 2. The average molecular weight is 516 g/mol. The second kappa shape index (κ2) is 9.26. The molecule has 6 nitrogen and oxygen atoms in total. The number of hydrogen-bond donors (Lipinski definition) is 1. The molecule has 156 valence electrons. The van der Waals surface area contributed by atoms with Crippen molar-refractivity contribution in [1.82, 2.24) is 15.0 Å². The van der Waals surface area contributed by atoms with Crippen LogP contribution in [0.25, 0.3) is 11.4 Å². The molecule has 1 fully saturated rings. The summed E-state index contributed by atoms with van der Waals surface area (Å²) in [4.78, 5) is 19.5. The number of carbonyl (C=O) groups excluding carboxylic acids is 1. The minimum atomic E-state index is 0.0328. The molecule has 2 heterocycles. The summed E-state index contributed by atoms with van der Waals surface area (Å²) in [5.74, 6) is 1.38. The second-order valence-corrected chi connectivity index (χ2v) is 9.13. The van der Waals surface area contributed by atoms with E-state index < -0.39 is 0 Å². The maximum atomic E-state index is 12.7. The fourth-order valence-electron chi connectivity index (χ4n) is 3.77. The van der Waals surface area contributed by atoms with Gasteiger partial charge in [0.2, 0.25) is 17.6 Å². The summed E-state index contributed by atoms with van der Waals surface area (Å²) in [5.41, 5.74) is 4.12. The largest absolute Gasteiger partial charge is 0.338 e. The van der Waals surface area contributed by atoms with Gasteiger partial charge >= 0.3 is 0 Å². The topological polar surface area (TPSA) is 71.3 Å². The van der Waals surface area contributed by atoms with Crippen LogP contribution in [0.4, 0.5) is 5.69 Å². The van der Waals surface area contributed by atoms with Gasteiger partial charge in [-0.25, -0.2) is 0 Å². The molecule has 3 aromatic rings. The molecule has 1 saturated heterocycles. The normalized spacial score (nSPS) is 15.3. The molecule has 7 heteroatoms. The second-order valence-electron chi connectivity index (χ2n) is 7.88. The summed E-state index contributed by atoms with van der Waals surface area (Å²) in [6.07, 6.45) is 1.66. The van der Waals surface area contributed by atoms with Crippen molar-refractivity contribution in [2.24, 2.45) is 5.92 Å². The Morgan fingerprint density at radius 1 is 1.20 bits per heavy atom. The van der Waals surface area contributed by atoms with Gasteiger partial charge < -0.3 is 9.84 Å². The molecule has 2 aromatic carbocycles. The van der Waals surface area contributed by atoms with Gasteiger partial charge in [-0.15, -0.1) is 0 Å². The van der Waals surface area contributed by atoms with Crippen LogP contribution in [-0.2, 0) is 11.3 Å². The highest BCUT2D eigenvalue weighted by molar-refractivity contribution is 14.1. The predicted octanol–water partition coefficient (Wildman–Crippen LogP) is 4.81. The molecule has 0 atom stereocenters. The van der Waals surface area contributed by atoms with Crippen LogP contribution in [0.5, 0.6) is 0 Å². The van der Waals surface area contributed by atoms with Crippen LogP contribution in [0.3, 0.4) is 0 Å². The van der Waals surface area contributed by atoms with Gasteiger partial charge in [0.1, 0.15) is 0 Å². The number of amides is 1. The fraction of sp³-hybridized carbons (Fsp3) is 0.348. The van der Waals surface area contributed by atoms with E-state index in [0.717, 1.165) is 42.7 Å². The molecular formula is C23H25IN4O2. The monoisotopic (exact) mass is 516 g/mol. The van der Waals surface area contributed by atoms with Crippen LogP contribution in [-0.4, -0.2) is 34.0 Å². The number of aromatic nitrogens is 2. The number of hydrogen-bond acceptors (Lipinski definition) is 5. The van der Waals surface area contributed by atoms with E-state index >= 15 is 0 Å². The average Bonchev–Trinajstić information content (AvgIpc) is 3.19.